The van der Waals surface area contributed by atoms with Gasteiger partial charge in [-0.05, 0) is 38.0 Å². The van der Waals surface area contributed by atoms with Crippen molar-refractivity contribution in [2.24, 2.45) is 5.92 Å². The summed E-state index contributed by atoms with van der Waals surface area (Å²) in [6.07, 6.45) is 3.22. The van der Waals surface area contributed by atoms with E-state index in [1.165, 1.54) is 0 Å². The van der Waals surface area contributed by atoms with Gasteiger partial charge in [-0.15, -0.1) is 0 Å². The molecule has 2 fully saturated rings. The molecule has 0 radical (unpaired) electrons. The van der Waals surface area contributed by atoms with Crippen LogP contribution in [0.4, 0.5) is 5.69 Å². The number of amides is 1. The van der Waals surface area contributed by atoms with Crippen LogP contribution in [0.3, 0.4) is 0 Å². The molecular formula is C22H26N4O3. The molecule has 2 aliphatic heterocycles. The zero-order valence-corrected chi connectivity index (χ0v) is 16.8. The van der Waals surface area contributed by atoms with Crippen molar-refractivity contribution >= 4 is 22.5 Å². The maximum Gasteiger partial charge on any atom is 0.225 e. The Morgan fingerprint density at radius 2 is 2.03 bits per heavy atom. The van der Waals surface area contributed by atoms with E-state index in [-0.39, 0.29) is 11.8 Å². The molecule has 0 bridgehead atoms. The van der Waals surface area contributed by atoms with Gasteiger partial charge < -0.3 is 19.3 Å². The Morgan fingerprint density at radius 1 is 1.28 bits per heavy atom. The Labute approximate surface area is 170 Å². The zero-order valence-electron chi connectivity index (χ0n) is 16.8. The number of nitrogens with zero attached hydrogens (tertiary/aromatic N) is 4. The van der Waals surface area contributed by atoms with E-state index in [1.54, 1.807) is 6.20 Å². The summed E-state index contributed by atoms with van der Waals surface area (Å²) in [5, 5.41) is 10.6. The number of fused-ring (bicyclic) bond motifs is 1. The second-order valence-corrected chi connectivity index (χ2v) is 7.44. The van der Waals surface area contributed by atoms with E-state index in [9.17, 15) is 10.1 Å². The largest absolute Gasteiger partial charge is 0.494 e. The minimum atomic E-state index is 0.0435. The molecule has 29 heavy (non-hydrogen) atoms. The predicted octanol–water partition coefficient (Wildman–Crippen LogP) is 2.58. The number of benzene rings is 1. The van der Waals surface area contributed by atoms with Crippen LogP contribution in [0, 0.1) is 17.2 Å². The Hall–Kier alpha value is -2.85. The molecule has 0 atom stereocenters. The van der Waals surface area contributed by atoms with Crippen molar-refractivity contribution in [3.63, 3.8) is 0 Å². The quantitative estimate of drug-likeness (QED) is 0.793. The number of pyridine rings is 1. The molecule has 2 aromatic rings. The summed E-state index contributed by atoms with van der Waals surface area (Å²) in [5.41, 5.74) is 2.30. The number of anilines is 1. The Balaban J connectivity index is 1.56. The van der Waals surface area contributed by atoms with E-state index in [2.05, 4.69) is 16.0 Å². The van der Waals surface area contributed by atoms with E-state index in [0.717, 1.165) is 48.3 Å². The van der Waals surface area contributed by atoms with Gasteiger partial charge >= 0.3 is 0 Å². The van der Waals surface area contributed by atoms with Crippen LogP contribution in [0.2, 0.25) is 0 Å². The molecule has 2 saturated heterocycles. The molecule has 0 saturated carbocycles. The molecule has 0 N–H and O–H groups in total. The van der Waals surface area contributed by atoms with E-state index in [1.807, 2.05) is 30.0 Å². The SMILES string of the molecule is CCOc1ccc2ncc(C#N)c(N3CCC(C(=O)N4CCOCC4)CC3)c2c1. The summed E-state index contributed by atoms with van der Waals surface area (Å²) < 4.78 is 11.0. The van der Waals surface area contributed by atoms with Gasteiger partial charge in [0.05, 0.1) is 36.6 Å². The van der Waals surface area contributed by atoms with Crippen molar-refractivity contribution in [1.29, 1.82) is 5.26 Å². The summed E-state index contributed by atoms with van der Waals surface area (Å²) in [6, 6.07) is 8.09. The first-order valence-electron chi connectivity index (χ1n) is 10.3. The molecule has 0 aliphatic carbocycles. The van der Waals surface area contributed by atoms with Crippen LogP contribution in [-0.2, 0) is 9.53 Å². The first-order chi connectivity index (χ1) is 14.2. The van der Waals surface area contributed by atoms with Crippen molar-refractivity contribution < 1.29 is 14.3 Å². The molecule has 1 aromatic carbocycles. The molecule has 0 spiro atoms. The number of ether oxygens (including phenoxy) is 2. The van der Waals surface area contributed by atoms with Gasteiger partial charge in [0, 0.05) is 43.7 Å². The van der Waals surface area contributed by atoms with Crippen LogP contribution >= 0.6 is 0 Å². The van der Waals surface area contributed by atoms with Gasteiger partial charge in [0.1, 0.15) is 11.8 Å². The lowest BCUT2D eigenvalue weighted by Gasteiger charge is -2.37. The smallest absolute Gasteiger partial charge is 0.225 e. The molecule has 2 aliphatic rings. The molecule has 0 unspecified atom stereocenters. The minimum Gasteiger partial charge on any atom is -0.494 e. The van der Waals surface area contributed by atoms with Crippen LogP contribution < -0.4 is 9.64 Å². The first-order valence-corrected chi connectivity index (χ1v) is 10.3. The second-order valence-electron chi connectivity index (χ2n) is 7.44. The van der Waals surface area contributed by atoms with Gasteiger partial charge in [0.2, 0.25) is 5.91 Å². The van der Waals surface area contributed by atoms with Crippen molar-refractivity contribution in [2.45, 2.75) is 19.8 Å². The van der Waals surface area contributed by atoms with E-state index >= 15 is 0 Å². The summed E-state index contributed by atoms with van der Waals surface area (Å²) in [5.74, 6) is 1.06. The Kier molecular flexibility index (Phi) is 5.81. The number of hydrogen-bond acceptors (Lipinski definition) is 6. The van der Waals surface area contributed by atoms with Gasteiger partial charge in [-0.25, -0.2) is 0 Å². The van der Waals surface area contributed by atoms with Crippen LogP contribution in [0.15, 0.2) is 24.4 Å². The van der Waals surface area contributed by atoms with Gasteiger partial charge in [-0.1, -0.05) is 0 Å². The Bertz CT molecular complexity index is 926. The van der Waals surface area contributed by atoms with Crippen LogP contribution in [-0.4, -0.2) is 61.8 Å². The molecule has 1 amide bonds. The highest BCUT2D eigenvalue weighted by molar-refractivity contribution is 5.95. The average Bonchev–Trinajstić information content (AvgIpc) is 2.78. The van der Waals surface area contributed by atoms with E-state index in [4.69, 9.17) is 9.47 Å². The summed E-state index contributed by atoms with van der Waals surface area (Å²) in [6.45, 7) is 6.65. The number of rotatable bonds is 4. The summed E-state index contributed by atoms with van der Waals surface area (Å²) in [7, 11) is 0. The monoisotopic (exact) mass is 394 g/mol. The maximum absolute atomic E-state index is 12.8. The lowest BCUT2D eigenvalue weighted by Crippen LogP contribution is -2.47. The molecule has 7 heteroatoms. The fraction of sp³-hybridized carbons (Fsp3) is 0.500. The molecule has 152 valence electrons. The highest BCUT2D eigenvalue weighted by Crippen LogP contribution is 2.34. The molecule has 1 aromatic heterocycles. The Morgan fingerprint density at radius 3 is 2.72 bits per heavy atom. The van der Waals surface area contributed by atoms with Gasteiger partial charge in [0.15, 0.2) is 0 Å². The number of carbonyl (C=O) groups is 1. The third-order valence-electron chi connectivity index (χ3n) is 5.73. The summed E-state index contributed by atoms with van der Waals surface area (Å²) in [4.78, 5) is 21.4. The number of morpholine rings is 1. The second kappa shape index (κ2) is 8.66. The van der Waals surface area contributed by atoms with Crippen molar-refractivity contribution in [3.05, 3.63) is 30.0 Å². The maximum atomic E-state index is 12.8. The van der Waals surface area contributed by atoms with Crippen molar-refractivity contribution in [2.75, 3.05) is 50.9 Å². The number of carbonyl (C=O) groups excluding carboxylic acids is 1. The normalized spacial score (nSPS) is 17.9. The number of piperidine rings is 1. The molecule has 4 rings (SSSR count). The summed E-state index contributed by atoms with van der Waals surface area (Å²) >= 11 is 0. The lowest BCUT2D eigenvalue weighted by molar-refractivity contribution is -0.140. The van der Waals surface area contributed by atoms with Gasteiger partial charge in [0.25, 0.3) is 0 Å². The van der Waals surface area contributed by atoms with Crippen molar-refractivity contribution in [3.8, 4) is 11.8 Å². The number of nitriles is 1. The third-order valence-corrected chi connectivity index (χ3v) is 5.73. The van der Waals surface area contributed by atoms with Crippen LogP contribution in [0.5, 0.6) is 5.75 Å². The highest BCUT2D eigenvalue weighted by atomic mass is 16.5. The zero-order chi connectivity index (χ0) is 20.2. The van der Waals surface area contributed by atoms with Crippen LogP contribution in [0.25, 0.3) is 10.9 Å². The predicted molar refractivity (Wildman–Crippen MR) is 110 cm³/mol. The molecule has 3 heterocycles. The molecular weight excluding hydrogens is 368 g/mol. The van der Waals surface area contributed by atoms with Crippen molar-refractivity contribution in [1.82, 2.24) is 9.88 Å². The molecule has 7 nitrogen and oxygen atoms in total. The topological polar surface area (TPSA) is 78.7 Å². The minimum absolute atomic E-state index is 0.0435. The average molecular weight is 394 g/mol. The first kappa shape index (κ1) is 19.5. The fourth-order valence-corrected chi connectivity index (χ4v) is 4.23. The number of aromatic nitrogens is 1. The third kappa shape index (κ3) is 3.99. The van der Waals surface area contributed by atoms with Gasteiger partial charge in [-0.2, -0.15) is 5.26 Å². The fourth-order valence-electron chi connectivity index (χ4n) is 4.23. The lowest BCUT2D eigenvalue weighted by atomic mass is 9.94. The highest BCUT2D eigenvalue weighted by Gasteiger charge is 2.30. The van der Waals surface area contributed by atoms with E-state index < -0.39 is 0 Å². The standard InChI is InChI=1S/C22H26N4O3/c1-2-29-18-3-4-20-19(13-18)21(17(14-23)15-24-20)25-7-5-16(6-8-25)22(27)26-9-11-28-12-10-26/h3-4,13,15-16H,2,5-12H2,1H3. The van der Waals surface area contributed by atoms with Crippen LogP contribution in [0.1, 0.15) is 25.3 Å². The number of hydrogen-bond donors (Lipinski definition) is 0. The van der Waals surface area contributed by atoms with Gasteiger partial charge in [-0.3, -0.25) is 9.78 Å². The van der Waals surface area contributed by atoms with E-state index in [0.29, 0.717) is 38.5 Å².